The predicted molar refractivity (Wildman–Crippen MR) is 64.1 cm³/mol. The highest BCUT2D eigenvalue weighted by atomic mass is 32.2. The van der Waals surface area contributed by atoms with Crippen molar-refractivity contribution in [2.45, 2.75) is 25.6 Å². The number of hydrogen-bond acceptors (Lipinski definition) is 4. The van der Waals surface area contributed by atoms with E-state index in [1.54, 1.807) is 0 Å². The number of carbonyl (C=O) groups is 2. The van der Waals surface area contributed by atoms with Gasteiger partial charge >= 0.3 is 12.1 Å². The molecule has 0 unspecified atom stereocenters. The van der Waals surface area contributed by atoms with E-state index >= 15 is 0 Å². The molecule has 9 heteroatoms. The summed E-state index contributed by atoms with van der Waals surface area (Å²) in [5, 5.41) is 11.0. The van der Waals surface area contributed by atoms with Gasteiger partial charge in [-0.3, -0.25) is 4.79 Å². The van der Waals surface area contributed by atoms with Gasteiger partial charge in [0.2, 0.25) is 5.91 Å². The molecule has 112 valence electrons. The van der Waals surface area contributed by atoms with Crippen molar-refractivity contribution < 1.29 is 32.6 Å². The maximum Gasteiger partial charge on any atom is 0.411 e. The SMILES string of the molecule is CC(=O)N[C@@H](CSCCCOCC(F)(F)F)C(=O)O. The number of carbonyl (C=O) groups excluding carboxylic acids is 1. The molecule has 0 radical (unpaired) electrons. The number of aliphatic carboxylic acids is 1. The van der Waals surface area contributed by atoms with Crippen LogP contribution in [0.4, 0.5) is 13.2 Å². The Morgan fingerprint density at radius 1 is 1.42 bits per heavy atom. The van der Waals surface area contributed by atoms with Crippen molar-refractivity contribution in [3.05, 3.63) is 0 Å². The van der Waals surface area contributed by atoms with Crippen LogP contribution in [0.2, 0.25) is 0 Å². The molecular formula is C10H16F3NO4S. The third kappa shape index (κ3) is 11.8. The van der Waals surface area contributed by atoms with Crippen molar-refractivity contribution in [2.24, 2.45) is 0 Å². The van der Waals surface area contributed by atoms with Gasteiger partial charge < -0.3 is 15.2 Å². The van der Waals surface area contributed by atoms with Crippen molar-refractivity contribution in [1.82, 2.24) is 5.32 Å². The summed E-state index contributed by atoms with van der Waals surface area (Å²) in [5.74, 6) is -0.965. The van der Waals surface area contributed by atoms with Crippen molar-refractivity contribution in [3.8, 4) is 0 Å². The Kier molecular flexibility index (Phi) is 8.57. The Bertz CT molecular complexity index is 299. The van der Waals surface area contributed by atoms with Gasteiger partial charge in [0.1, 0.15) is 12.6 Å². The molecule has 5 nitrogen and oxygen atoms in total. The van der Waals surface area contributed by atoms with Crippen LogP contribution in [0.25, 0.3) is 0 Å². The van der Waals surface area contributed by atoms with E-state index in [0.717, 1.165) is 0 Å². The molecule has 0 saturated heterocycles. The van der Waals surface area contributed by atoms with E-state index in [0.29, 0.717) is 12.2 Å². The van der Waals surface area contributed by atoms with Crippen LogP contribution in [0.5, 0.6) is 0 Å². The van der Waals surface area contributed by atoms with Gasteiger partial charge in [-0.15, -0.1) is 0 Å². The number of halogens is 3. The Labute approximate surface area is 112 Å². The number of amides is 1. The first-order valence-electron chi connectivity index (χ1n) is 5.44. The van der Waals surface area contributed by atoms with Crippen molar-refractivity contribution in [1.29, 1.82) is 0 Å². The van der Waals surface area contributed by atoms with Gasteiger partial charge in [0.05, 0.1) is 0 Å². The lowest BCUT2D eigenvalue weighted by Crippen LogP contribution is -2.41. The summed E-state index contributed by atoms with van der Waals surface area (Å²) < 4.78 is 39.5. The topological polar surface area (TPSA) is 75.6 Å². The lowest BCUT2D eigenvalue weighted by molar-refractivity contribution is -0.173. The van der Waals surface area contributed by atoms with E-state index < -0.39 is 30.7 Å². The van der Waals surface area contributed by atoms with E-state index in [2.05, 4.69) is 10.1 Å². The van der Waals surface area contributed by atoms with Crippen LogP contribution in [-0.4, -0.2) is 53.9 Å². The fourth-order valence-corrected chi connectivity index (χ4v) is 2.02. The number of ether oxygens (including phenoxy) is 1. The molecule has 0 aliphatic heterocycles. The van der Waals surface area contributed by atoms with Gasteiger partial charge in [0, 0.05) is 19.3 Å². The average molecular weight is 303 g/mol. The summed E-state index contributed by atoms with van der Waals surface area (Å²) in [7, 11) is 0. The third-order valence-electron chi connectivity index (χ3n) is 1.80. The number of rotatable bonds is 9. The molecule has 19 heavy (non-hydrogen) atoms. The highest BCUT2D eigenvalue weighted by Crippen LogP contribution is 2.14. The van der Waals surface area contributed by atoms with Gasteiger partial charge in [-0.05, 0) is 12.2 Å². The number of carboxylic acid groups (broad SMARTS) is 1. The second kappa shape index (κ2) is 9.03. The fourth-order valence-electron chi connectivity index (χ4n) is 1.07. The Morgan fingerprint density at radius 2 is 2.05 bits per heavy atom. The van der Waals surface area contributed by atoms with Crippen LogP contribution in [0.3, 0.4) is 0 Å². The Morgan fingerprint density at radius 3 is 2.53 bits per heavy atom. The van der Waals surface area contributed by atoms with E-state index in [1.165, 1.54) is 18.7 Å². The lowest BCUT2D eigenvalue weighted by Gasteiger charge is -2.12. The van der Waals surface area contributed by atoms with E-state index in [-0.39, 0.29) is 12.4 Å². The van der Waals surface area contributed by atoms with Gasteiger partial charge in [0.25, 0.3) is 0 Å². The molecule has 0 aromatic rings. The quantitative estimate of drug-likeness (QED) is 0.628. The summed E-state index contributed by atoms with van der Waals surface area (Å²) in [4.78, 5) is 21.5. The van der Waals surface area contributed by atoms with E-state index in [1.807, 2.05) is 0 Å². The molecule has 0 heterocycles. The zero-order valence-corrected chi connectivity index (χ0v) is 11.1. The largest absolute Gasteiger partial charge is 0.480 e. The molecule has 0 aromatic carbocycles. The highest BCUT2D eigenvalue weighted by Gasteiger charge is 2.27. The molecule has 0 spiro atoms. The number of thioether (sulfide) groups is 1. The Balaban J connectivity index is 3.61. The zero-order chi connectivity index (χ0) is 14.9. The first-order valence-corrected chi connectivity index (χ1v) is 6.60. The molecule has 0 aromatic heterocycles. The van der Waals surface area contributed by atoms with Crippen LogP contribution >= 0.6 is 11.8 Å². The van der Waals surface area contributed by atoms with Gasteiger partial charge in [0.15, 0.2) is 0 Å². The van der Waals surface area contributed by atoms with Crippen molar-refractivity contribution >= 4 is 23.6 Å². The standard InChI is InChI=1S/C10H16F3NO4S/c1-7(15)14-8(9(16)17)5-19-4-2-3-18-6-10(11,12)13/h8H,2-6H2,1H3,(H,14,15)(H,16,17)/t8-/m0/s1. The maximum atomic E-state index is 11.7. The predicted octanol–water partition coefficient (Wildman–Crippen LogP) is 1.28. The van der Waals surface area contributed by atoms with Crippen LogP contribution in [0.1, 0.15) is 13.3 Å². The molecule has 0 fully saturated rings. The van der Waals surface area contributed by atoms with Crippen molar-refractivity contribution in [2.75, 3.05) is 24.7 Å². The molecule has 0 rings (SSSR count). The normalized spacial score (nSPS) is 13.1. The molecule has 0 aliphatic carbocycles. The second-order valence-corrected chi connectivity index (χ2v) is 4.84. The fraction of sp³-hybridized carbons (Fsp3) is 0.800. The van der Waals surface area contributed by atoms with Gasteiger partial charge in [-0.2, -0.15) is 24.9 Å². The minimum atomic E-state index is -4.33. The first-order chi connectivity index (χ1) is 8.72. The van der Waals surface area contributed by atoms with Gasteiger partial charge in [-0.1, -0.05) is 0 Å². The summed E-state index contributed by atoms with van der Waals surface area (Å²) in [6, 6.07) is -0.987. The number of alkyl halides is 3. The molecule has 1 atom stereocenters. The average Bonchev–Trinajstić information content (AvgIpc) is 2.23. The van der Waals surface area contributed by atoms with Crippen LogP contribution < -0.4 is 5.32 Å². The molecular weight excluding hydrogens is 287 g/mol. The van der Waals surface area contributed by atoms with E-state index in [4.69, 9.17) is 5.11 Å². The minimum absolute atomic E-state index is 0.0373. The molecule has 0 aliphatic rings. The second-order valence-electron chi connectivity index (χ2n) is 3.69. The maximum absolute atomic E-state index is 11.7. The summed E-state index contributed by atoms with van der Waals surface area (Å²) in [5.41, 5.74) is 0. The first kappa shape index (κ1) is 18.0. The monoisotopic (exact) mass is 303 g/mol. The lowest BCUT2D eigenvalue weighted by atomic mass is 10.3. The molecule has 1 amide bonds. The minimum Gasteiger partial charge on any atom is -0.480 e. The summed E-state index contributed by atoms with van der Waals surface area (Å²) in [6.07, 6.45) is -3.94. The van der Waals surface area contributed by atoms with Gasteiger partial charge in [-0.25, -0.2) is 4.79 Å². The molecule has 0 saturated carbocycles. The van der Waals surface area contributed by atoms with E-state index in [9.17, 15) is 22.8 Å². The number of carboxylic acids is 1. The van der Waals surface area contributed by atoms with Crippen LogP contribution in [0, 0.1) is 0 Å². The molecule has 0 bridgehead atoms. The third-order valence-corrected chi connectivity index (χ3v) is 2.95. The van der Waals surface area contributed by atoms with Crippen LogP contribution in [-0.2, 0) is 14.3 Å². The summed E-state index contributed by atoms with van der Waals surface area (Å²) in [6.45, 7) is -0.0999. The smallest absolute Gasteiger partial charge is 0.411 e. The number of nitrogens with one attached hydrogen (secondary N) is 1. The Hall–Kier alpha value is -0.960. The van der Waals surface area contributed by atoms with Crippen molar-refractivity contribution in [3.63, 3.8) is 0 Å². The highest BCUT2D eigenvalue weighted by molar-refractivity contribution is 7.99. The van der Waals surface area contributed by atoms with Crippen LogP contribution in [0.15, 0.2) is 0 Å². The zero-order valence-electron chi connectivity index (χ0n) is 10.3. The molecule has 2 N–H and O–H groups in total. The summed E-state index contributed by atoms with van der Waals surface area (Å²) >= 11 is 1.23. The number of hydrogen-bond donors (Lipinski definition) is 2.